The highest BCUT2D eigenvalue weighted by atomic mass is 16.6. The van der Waals surface area contributed by atoms with Gasteiger partial charge in [0.05, 0.1) is 6.10 Å². The van der Waals surface area contributed by atoms with Gasteiger partial charge < -0.3 is 9.84 Å². The number of carbonyl (C=O) groups is 4. The van der Waals surface area contributed by atoms with Crippen LogP contribution in [0.2, 0.25) is 0 Å². The summed E-state index contributed by atoms with van der Waals surface area (Å²) in [7, 11) is 0. The van der Waals surface area contributed by atoms with Crippen LogP contribution in [0.3, 0.4) is 0 Å². The summed E-state index contributed by atoms with van der Waals surface area (Å²) in [6.45, 7) is 4.86. The Labute approximate surface area is 141 Å². The Bertz CT molecular complexity index is 543. The van der Waals surface area contributed by atoms with Gasteiger partial charge in [0, 0.05) is 31.6 Å². The molecule has 2 aliphatic rings. The molecule has 1 saturated heterocycles. The van der Waals surface area contributed by atoms with E-state index in [1.807, 2.05) is 0 Å². The van der Waals surface area contributed by atoms with Crippen molar-refractivity contribution in [3.05, 3.63) is 0 Å². The van der Waals surface area contributed by atoms with E-state index in [2.05, 4.69) is 5.32 Å². The van der Waals surface area contributed by atoms with E-state index >= 15 is 0 Å². The first-order valence-corrected chi connectivity index (χ1v) is 8.33. The van der Waals surface area contributed by atoms with Crippen LogP contribution in [-0.2, 0) is 23.9 Å². The average molecular weight is 339 g/mol. The molecule has 0 unspecified atom stereocenters. The molecule has 1 heterocycles. The Balaban J connectivity index is 2.07. The van der Waals surface area contributed by atoms with Gasteiger partial charge in [-0.3, -0.25) is 24.5 Å². The minimum atomic E-state index is -0.959. The summed E-state index contributed by atoms with van der Waals surface area (Å²) in [4.78, 5) is 46.7. The number of hydrogen-bond acceptors (Lipinski definition) is 6. The molecule has 4 atom stereocenters. The van der Waals surface area contributed by atoms with Crippen molar-refractivity contribution in [2.75, 3.05) is 0 Å². The highest BCUT2D eigenvalue weighted by molar-refractivity contribution is 5.97. The smallest absolute Gasteiger partial charge is 0.303 e. The molecule has 7 heteroatoms. The summed E-state index contributed by atoms with van der Waals surface area (Å²) in [5, 5.41) is 12.8. The Kier molecular flexibility index (Phi) is 5.42. The van der Waals surface area contributed by atoms with Gasteiger partial charge in [0.25, 0.3) is 0 Å². The predicted octanol–water partition coefficient (Wildman–Crippen LogP) is 0.727. The van der Waals surface area contributed by atoms with Crippen LogP contribution in [0.5, 0.6) is 0 Å². The van der Waals surface area contributed by atoms with Crippen molar-refractivity contribution in [1.29, 1.82) is 0 Å². The lowest BCUT2D eigenvalue weighted by Crippen LogP contribution is -2.49. The lowest BCUT2D eigenvalue weighted by atomic mass is 9.69. The zero-order valence-electron chi connectivity index (χ0n) is 14.3. The third kappa shape index (κ3) is 4.41. The topological polar surface area (TPSA) is 110 Å². The minimum absolute atomic E-state index is 0.0567. The molecule has 2 amide bonds. The molecular formula is C17H25NO6. The van der Waals surface area contributed by atoms with Gasteiger partial charge in [-0.15, -0.1) is 0 Å². The van der Waals surface area contributed by atoms with Crippen molar-refractivity contribution in [3.63, 3.8) is 0 Å². The number of ketones is 1. The second-order valence-electron chi connectivity index (χ2n) is 7.41. The van der Waals surface area contributed by atoms with Crippen molar-refractivity contribution >= 4 is 23.6 Å². The quantitative estimate of drug-likeness (QED) is 0.577. The van der Waals surface area contributed by atoms with E-state index in [0.717, 1.165) is 0 Å². The zero-order valence-corrected chi connectivity index (χ0v) is 14.3. The molecule has 0 radical (unpaired) electrons. The van der Waals surface area contributed by atoms with Crippen LogP contribution in [0.1, 0.15) is 52.9 Å². The number of aliphatic hydroxyl groups is 1. The Morgan fingerprint density at radius 3 is 2.42 bits per heavy atom. The number of nitrogens with one attached hydrogen (secondary N) is 1. The molecule has 0 bridgehead atoms. The molecule has 0 aromatic carbocycles. The van der Waals surface area contributed by atoms with E-state index in [1.165, 1.54) is 6.92 Å². The Morgan fingerprint density at radius 2 is 1.88 bits per heavy atom. The van der Waals surface area contributed by atoms with Crippen molar-refractivity contribution in [2.24, 2.45) is 17.8 Å². The average Bonchev–Trinajstić information content (AvgIpc) is 2.40. The summed E-state index contributed by atoms with van der Waals surface area (Å²) >= 11 is 0. The van der Waals surface area contributed by atoms with Crippen LogP contribution in [0.4, 0.5) is 0 Å². The van der Waals surface area contributed by atoms with Gasteiger partial charge >= 0.3 is 5.97 Å². The second kappa shape index (κ2) is 7.01. The third-order valence-electron chi connectivity index (χ3n) is 4.90. The highest BCUT2D eigenvalue weighted by Gasteiger charge is 2.46. The Morgan fingerprint density at radius 1 is 1.29 bits per heavy atom. The van der Waals surface area contributed by atoms with Crippen LogP contribution in [0.15, 0.2) is 0 Å². The van der Waals surface area contributed by atoms with E-state index in [0.29, 0.717) is 6.42 Å². The van der Waals surface area contributed by atoms with Crippen LogP contribution >= 0.6 is 0 Å². The van der Waals surface area contributed by atoms with E-state index in [9.17, 15) is 24.3 Å². The molecular weight excluding hydrogens is 314 g/mol. The van der Waals surface area contributed by atoms with Gasteiger partial charge in [0.15, 0.2) is 0 Å². The van der Waals surface area contributed by atoms with Gasteiger partial charge in [0.1, 0.15) is 11.4 Å². The maximum atomic E-state index is 12.5. The zero-order chi connectivity index (χ0) is 18.1. The maximum absolute atomic E-state index is 12.5. The van der Waals surface area contributed by atoms with Gasteiger partial charge in [-0.2, -0.15) is 0 Å². The van der Waals surface area contributed by atoms with Crippen LogP contribution in [-0.4, -0.2) is 40.4 Å². The van der Waals surface area contributed by atoms with Crippen molar-refractivity contribution < 1.29 is 29.0 Å². The number of hydrogen-bond donors (Lipinski definition) is 2. The van der Waals surface area contributed by atoms with E-state index < -0.39 is 23.6 Å². The number of piperidine rings is 1. The van der Waals surface area contributed by atoms with Gasteiger partial charge in [-0.05, 0) is 32.1 Å². The molecule has 134 valence electrons. The molecule has 2 rings (SSSR count). The molecule has 0 aromatic heterocycles. The molecule has 0 aromatic rings. The van der Waals surface area contributed by atoms with Crippen molar-refractivity contribution in [3.8, 4) is 0 Å². The number of ether oxygens (including phenoxy) is 1. The van der Waals surface area contributed by atoms with E-state index in [4.69, 9.17) is 4.74 Å². The van der Waals surface area contributed by atoms with Crippen LogP contribution in [0, 0.1) is 17.8 Å². The first kappa shape index (κ1) is 18.6. The van der Waals surface area contributed by atoms with E-state index in [-0.39, 0.29) is 55.1 Å². The molecule has 7 nitrogen and oxygen atoms in total. The molecule has 2 N–H and O–H groups in total. The number of Topliss-reactive ketones (excluding diaryl/α,β-unsaturated/α-hetero) is 1. The summed E-state index contributed by atoms with van der Waals surface area (Å²) in [5.41, 5.74) is -0.787. The summed E-state index contributed by atoms with van der Waals surface area (Å²) in [6, 6.07) is 0. The first-order chi connectivity index (χ1) is 11.1. The molecule has 2 fully saturated rings. The molecule has 0 spiro atoms. The molecule has 1 saturated carbocycles. The summed E-state index contributed by atoms with van der Waals surface area (Å²) in [6.07, 6.45) is 0.265. The fraction of sp³-hybridized carbons (Fsp3) is 0.765. The van der Waals surface area contributed by atoms with Gasteiger partial charge in [-0.25, -0.2) is 0 Å². The summed E-state index contributed by atoms with van der Waals surface area (Å²) in [5.74, 6) is -2.42. The molecule has 1 aliphatic heterocycles. The predicted molar refractivity (Wildman–Crippen MR) is 83.6 cm³/mol. The largest absolute Gasteiger partial charge is 0.460 e. The van der Waals surface area contributed by atoms with Crippen LogP contribution in [0.25, 0.3) is 0 Å². The fourth-order valence-corrected chi connectivity index (χ4v) is 4.05. The number of carbonyl (C=O) groups excluding carboxylic acids is 4. The van der Waals surface area contributed by atoms with Crippen LogP contribution < -0.4 is 5.32 Å². The third-order valence-corrected chi connectivity index (χ3v) is 4.90. The standard InChI is InChI=1S/C17H25NO6/c1-9-7-17(3,24-10(2)19)8-12(16(9)23)13(20)4-11-5-14(21)18-15(22)6-11/h9,11-13,20H,4-8H2,1-3H3,(H,18,21,22)/t9-,12+,13+,17-/m0/s1. The van der Waals surface area contributed by atoms with E-state index in [1.54, 1.807) is 13.8 Å². The second-order valence-corrected chi connectivity index (χ2v) is 7.41. The molecule has 1 aliphatic carbocycles. The van der Waals surface area contributed by atoms with Gasteiger partial charge in [0.2, 0.25) is 11.8 Å². The normalized spacial score (nSPS) is 33.1. The number of esters is 1. The number of rotatable bonds is 4. The number of aliphatic hydroxyl groups excluding tert-OH is 1. The maximum Gasteiger partial charge on any atom is 0.303 e. The Hall–Kier alpha value is -1.76. The summed E-state index contributed by atoms with van der Waals surface area (Å²) < 4.78 is 5.38. The lowest BCUT2D eigenvalue weighted by Gasteiger charge is -2.41. The fourth-order valence-electron chi connectivity index (χ4n) is 4.05. The monoisotopic (exact) mass is 339 g/mol. The number of amides is 2. The number of imide groups is 1. The van der Waals surface area contributed by atoms with Crippen molar-refractivity contribution in [1.82, 2.24) is 5.32 Å². The highest BCUT2D eigenvalue weighted by Crippen LogP contribution is 2.39. The SMILES string of the molecule is CC(=O)O[C@@]1(C)C[C@H](C)C(=O)[C@@H]([C@H](O)CC2CC(=O)NC(=O)C2)C1. The first-order valence-electron chi connectivity index (χ1n) is 8.33. The van der Waals surface area contributed by atoms with Crippen molar-refractivity contribution in [2.45, 2.75) is 64.6 Å². The van der Waals surface area contributed by atoms with Gasteiger partial charge in [-0.1, -0.05) is 6.92 Å². The minimum Gasteiger partial charge on any atom is -0.460 e. The lowest BCUT2D eigenvalue weighted by molar-refractivity contribution is -0.169. The molecule has 24 heavy (non-hydrogen) atoms.